The molecular formula is C12H9N3O3. The van der Waals surface area contributed by atoms with E-state index >= 15 is 0 Å². The van der Waals surface area contributed by atoms with Crippen LogP contribution in [0.2, 0.25) is 0 Å². The van der Waals surface area contributed by atoms with Gasteiger partial charge in [0.1, 0.15) is 6.26 Å². The summed E-state index contributed by atoms with van der Waals surface area (Å²) < 4.78 is 9.58. The first-order valence-corrected chi connectivity index (χ1v) is 5.05. The molecule has 0 fully saturated rings. The molecule has 0 unspecified atom stereocenters. The van der Waals surface area contributed by atoms with Crippen molar-refractivity contribution in [2.45, 2.75) is 6.92 Å². The zero-order valence-electron chi connectivity index (χ0n) is 9.80. The lowest BCUT2D eigenvalue weighted by atomic mass is 10.3. The van der Waals surface area contributed by atoms with Crippen molar-refractivity contribution in [2.24, 2.45) is 0 Å². The zero-order valence-corrected chi connectivity index (χ0v) is 9.80. The highest BCUT2D eigenvalue weighted by molar-refractivity contribution is 6.07. The average molecular weight is 243 g/mol. The number of ether oxygens (including phenoxy) is 1. The Hall–Kier alpha value is -2.68. The van der Waals surface area contributed by atoms with E-state index < -0.39 is 5.78 Å². The predicted octanol–water partition coefficient (Wildman–Crippen LogP) is 1.02. The first-order chi connectivity index (χ1) is 8.70. The van der Waals surface area contributed by atoms with Gasteiger partial charge in [0.25, 0.3) is 5.78 Å². The second-order valence-corrected chi connectivity index (χ2v) is 3.35. The average Bonchev–Trinajstić information content (AvgIpc) is 2.91. The van der Waals surface area contributed by atoms with Crippen molar-refractivity contribution in [3.8, 4) is 17.7 Å². The summed E-state index contributed by atoms with van der Waals surface area (Å²) >= 11 is 0. The number of aromatic nitrogens is 3. The van der Waals surface area contributed by atoms with Crippen LogP contribution in [-0.4, -0.2) is 28.0 Å². The Morgan fingerprint density at radius 1 is 1.50 bits per heavy atom. The molecule has 0 amide bonds. The molecule has 0 aliphatic carbocycles. The van der Waals surface area contributed by atoms with Gasteiger partial charge < -0.3 is 9.26 Å². The molecular weight excluding hydrogens is 234 g/mol. The van der Waals surface area contributed by atoms with E-state index in [9.17, 15) is 4.79 Å². The number of hydrogen-bond acceptors (Lipinski definition) is 6. The fourth-order valence-electron chi connectivity index (χ4n) is 1.20. The van der Waals surface area contributed by atoms with Gasteiger partial charge in [0.05, 0.1) is 7.11 Å². The number of hydrogen-bond donors (Lipinski definition) is 0. The first kappa shape index (κ1) is 11.8. The molecule has 90 valence electrons. The lowest BCUT2D eigenvalue weighted by Crippen LogP contribution is -1.98. The highest BCUT2D eigenvalue weighted by Gasteiger charge is 2.05. The minimum atomic E-state index is -0.452. The van der Waals surface area contributed by atoms with E-state index in [1.807, 2.05) is 6.92 Å². The van der Waals surface area contributed by atoms with E-state index in [-0.39, 0.29) is 11.5 Å². The fourth-order valence-corrected chi connectivity index (χ4v) is 1.20. The Kier molecular flexibility index (Phi) is 3.34. The third-order valence-electron chi connectivity index (χ3n) is 2.08. The summed E-state index contributed by atoms with van der Waals surface area (Å²) in [5, 5.41) is 3.48. The van der Waals surface area contributed by atoms with Gasteiger partial charge in [-0.3, -0.25) is 4.79 Å². The molecule has 0 N–H and O–H groups in total. The molecule has 0 spiro atoms. The summed E-state index contributed by atoms with van der Waals surface area (Å²) in [6.45, 7) is 1.82. The van der Waals surface area contributed by atoms with Crippen LogP contribution in [0.15, 0.2) is 23.0 Å². The Labute approximate surface area is 103 Å². The van der Waals surface area contributed by atoms with E-state index in [2.05, 4.69) is 31.5 Å². The summed E-state index contributed by atoms with van der Waals surface area (Å²) in [5.41, 5.74) is 0.951. The van der Waals surface area contributed by atoms with Crippen molar-refractivity contribution in [2.75, 3.05) is 7.11 Å². The zero-order chi connectivity index (χ0) is 13.0. The molecule has 6 heteroatoms. The molecule has 0 aromatic carbocycles. The Morgan fingerprint density at radius 2 is 2.33 bits per heavy atom. The number of Topliss-reactive ketones (excluding diaryl/α,β-unsaturated/α-hetero) is 1. The van der Waals surface area contributed by atoms with Crippen molar-refractivity contribution in [1.29, 1.82) is 0 Å². The maximum Gasteiger partial charge on any atom is 0.258 e. The van der Waals surface area contributed by atoms with Crippen LogP contribution in [-0.2, 0) is 0 Å². The van der Waals surface area contributed by atoms with Crippen LogP contribution in [0.5, 0.6) is 5.88 Å². The smallest absolute Gasteiger partial charge is 0.258 e. The Balaban J connectivity index is 2.22. The van der Waals surface area contributed by atoms with Gasteiger partial charge in [-0.05, 0) is 18.8 Å². The summed E-state index contributed by atoms with van der Waals surface area (Å²) in [4.78, 5) is 19.5. The van der Waals surface area contributed by atoms with Gasteiger partial charge in [-0.25, -0.2) is 4.98 Å². The third kappa shape index (κ3) is 2.52. The molecule has 0 saturated carbocycles. The number of methoxy groups -OCH3 is 1. The van der Waals surface area contributed by atoms with Gasteiger partial charge in [0.15, 0.2) is 5.69 Å². The molecule has 0 radical (unpaired) electrons. The minimum Gasteiger partial charge on any atom is -0.481 e. The third-order valence-corrected chi connectivity index (χ3v) is 2.08. The molecule has 0 aliphatic rings. The maximum atomic E-state index is 11.5. The molecule has 0 atom stereocenters. The van der Waals surface area contributed by atoms with Crippen LogP contribution in [0.25, 0.3) is 0 Å². The van der Waals surface area contributed by atoms with Crippen molar-refractivity contribution < 1.29 is 14.1 Å². The largest absolute Gasteiger partial charge is 0.481 e. The first-order valence-electron chi connectivity index (χ1n) is 5.05. The van der Waals surface area contributed by atoms with Crippen molar-refractivity contribution in [3.05, 3.63) is 35.6 Å². The summed E-state index contributed by atoms with van der Waals surface area (Å²) in [7, 11) is 1.51. The molecule has 6 nitrogen and oxygen atoms in total. The fraction of sp³-hybridized carbons (Fsp3) is 0.167. The van der Waals surface area contributed by atoms with Crippen molar-refractivity contribution in [3.63, 3.8) is 0 Å². The van der Waals surface area contributed by atoms with Crippen molar-refractivity contribution >= 4 is 5.78 Å². The number of carbonyl (C=O) groups is 1. The number of nitrogens with zero attached hydrogens (tertiary/aromatic N) is 3. The van der Waals surface area contributed by atoms with Crippen LogP contribution < -0.4 is 4.74 Å². The van der Waals surface area contributed by atoms with Gasteiger partial charge in [0.2, 0.25) is 11.7 Å². The highest BCUT2D eigenvalue weighted by Crippen LogP contribution is 2.11. The predicted molar refractivity (Wildman–Crippen MR) is 61.0 cm³/mol. The molecule has 18 heavy (non-hydrogen) atoms. The van der Waals surface area contributed by atoms with Crippen LogP contribution >= 0.6 is 0 Å². The number of ketones is 1. The van der Waals surface area contributed by atoms with E-state index in [1.165, 1.54) is 19.4 Å². The monoisotopic (exact) mass is 243 g/mol. The number of rotatable bonds is 2. The number of carbonyl (C=O) groups excluding carboxylic acids is 1. The van der Waals surface area contributed by atoms with Gasteiger partial charge in [-0.15, -0.1) is 0 Å². The Bertz CT molecular complexity index is 624. The molecule has 0 saturated heterocycles. The van der Waals surface area contributed by atoms with E-state index in [0.29, 0.717) is 5.88 Å². The number of aryl methyl sites for hydroxylation is 1. The molecule has 2 aromatic heterocycles. The summed E-state index contributed by atoms with van der Waals surface area (Å²) in [6.07, 6.45) is 2.89. The van der Waals surface area contributed by atoms with Crippen molar-refractivity contribution in [1.82, 2.24) is 15.1 Å². The van der Waals surface area contributed by atoms with Gasteiger partial charge in [-0.2, -0.15) is 4.98 Å². The second-order valence-electron chi connectivity index (χ2n) is 3.35. The summed E-state index contributed by atoms with van der Waals surface area (Å²) in [6, 6.07) is 1.44. The maximum absolute atomic E-state index is 11.5. The van der Waals surface area contributed by atoms with E-state index in [1.54, 1.807) is 6.20 Å². The standard InChI is InChI=1S/C12H9N3O3/c1-8-7-13-11(14-12(8)17-2)4-3-10(16)9-5-6-18-15-9/h5-7H,1-2H3. The van der Waals surface area contributed by atoms with Gasteiger partial charge in [-0.1, -0.05) is 5.16 Å². The van der Waals surface area contributed by atoms with E-state index in [0.717, 1.165) is 5.56 Å². The SMILES string of the molecule is COc1nc(C#CC(=O)c2ccon2)ncc1C. The molecule has 2 heterocycles. The lowest BCUT2D eigenvalue weighted by Gasteiger charge is -2.01. The quantitative estimate of drug-likeness (QED) is 0.578. The minimum absolute atomic E-state index is 0.154. The van der Waals surface area contributed by atoms with E-state index in [4.69, 9.17) is 4.74 Å². The highest BCUT2D eigenvalue weighted by atomic mass is 16.5. The van der Waals surface area contributed by atoms with Gasteiger partial charge in [0, 0.05) is 17.8 Å². The Morgan fingerprint density at radius 3 is 3.00 bits per heavy atom. The van der Waals surface area contributed by atoms with Crippen LogP contribution in [0.1, 0.15) is 21.9 Å². The lowest BCUT2D eigenvalue weighted by molar-refractivity contribution is 0.104. The second kappa shape index (κ2) is 5.10. The molecule has 2 aromatic rings. The van der Waals surface area contributed by atoms with Gasteiger partial charge >= 0.3 is 0 Å². The van der Waals surface area contributed by atoms with Crippen LogP contribution in [0, 0.1) is 18.8 Å². The normalized spacial score (nSPS) is 9.44. The van der Waals surface area contributed by atoms with Crippen LogP contribution in [0.4, 0.5) is 0 Å². The molecule has 2 rings (SSSR count). The molecule has 0 bridgehead atoms. The topological polar surface area (TPSA) is 78.1 Å². The molecule has 0 aliphatic heterocycles. The van der Waals surface area contributed by atoms with Crippen LogP contribution in [0.3, 0.4) is 0 Å². The summed E-state index contributed by atoms with van der Waals surface area (Å²) in [5.74, 6) is 5.13.